The second kappa shape index (κ2) is 6.85. The Hall–Kier alpha value is -2.31. The van der Waals surface area contributed by atoms with E-state index in [0.717, 1.165) is 10.6 Å². The van der Waals surface area contributed by atoms with Crippen LogP contribution in [0.2, 0.25) is 0 Å². The zero-order valence-electron chi connectivity index (χ0n) is 12.3. The molecule has 0 saturated carbocycles. The van der Waals surface area contributed by atoms with Crippen LogP contribution in [0.3, 0.4) is 0 Å². The fourth-order valence-corrected chi connectivity index (χ4v) is 3.50. The molecular formula is C17H13NO3S2. The lowest BCUT2D eigenvalue weighted by molar-refractivity contribution is 0.0314. The molecule has 2 aromatic heterocycles. The molecule has 4 nitrogen and oxygen atoms in total. The first-order chi connectivity index (χ1) is 11.1. The molecule has 0 fully saturated rings. The third-order valence-electron chi connectivity index (χ3n) is 3.19. The van der Waals surface area contributed by atoms with E-state index in [2.05, 4.69) is 4.98 Å². The summed E-state index contributed by atoms with van der Waals surface area (Å²) in [5.41, 5.74) is 1.72. The van der Waals surface area contributed by atoms with E-state index >= 15 is 0 Å². The Morgan fingerprint density at radius 3 is 2.61 bits per heavy atom. The Kier molecular flexibility index (Phi) is 4.64. The maximum absolute atomic E-state index is 12.2. The zero-order valence-corrected chi connectivity index (χ0v) is 13.9. The Morgan fingerprint density at radius 1 is 1.13 bits per heavy atom. The van der Waals surface area contributed by atoms with E-state index in [1.165, 1.54) is 11.3 Å². The molecule has 116 valence electrons. The van der Waals surface area contributed by atoms with Crippen molar-refractivity contribution in [2.45, 2.75) is 13.0 Å². The maximum Gasteiger partial charge on any atom is 0.358 e. The number of carbonyl (C=O) groups is 2. The van der Waals surface area contributed by atoms with Crippen LogP contribution in [0.1, 0.15) is 27.8 Å². The Labute approximate surface area is 141 Å². The summed E-state index contributed by atoms with van der Waals surface area (Å²) < 4.78 is 5.24. The van der Waals surface area contributed by atoms with Crippen LogP contribution >= 0.6 is 22.7 Å². The Morgan fingerprint density at radius 2 is 1.91 bits per heavy atom. The average Bonchev–Trinajstić information content (AvgIpc) is 3.25. The van der Waals surface area contributed by atoms with Gasteiger partial charge in [-0.2, -0.15) is 11.3 Å². The number of rotatable bonds is 5. The second-order valence-corrected chi connectivity index (χ2v) is 6.47. The average molecular weight is 343 g/mol. The van der Waals surface area contributed by atoms with Gasteiger partial charge >= 0.3 is 5.97 Å². The molecule has 2 heterocycles. The topological polar surface area (TPSA) is 56.3 Å². The molecule has 0 aliphatic heterocycles. The van der Waals surface area contributed by atoms with Crippen molar-refractivity contribution in [3.63, 3.8) is 0 Å². The van der Waals surface area contributed by atoms with Gasteiger partial charge in [-0.15, -0.1) is 11.3 Å². The lowest BCUT2D eigenvalue weighted by Crippen LogP contribution is -2.24. The molecule has 1 aromatic carbocycles. The molecule has 0 radical (unpaired) electrons. The van der Waals surface area contributed by atoms with Crippen LogP contribution in [0.25, 0.3) is 10.6 Å². The molecule has 1 atom stereocenters. The number of thiazole rings is 1. The SMILES string of the molecule is C[C@H](OC(=O)c1csc(-c2ccsc2)n1)C(=O)c1ccccc1. The number of nitrogens with zero attached hydrogens (tertiary/aromatic N) is 1. The molecule has 23 heavy (non-hydrogen) atoms. The van der Waals surface area contributed by atoms with Gasteiger partial charge in [0.15, 0.2) is 11.8 Å². The molecule has 0 spiro atoms. The predicted octanol–water partition coefficient (Wildman–Crippen LogP) is 4.30. The van der Waals surface area contributed by atoms with E-state index in [9.17, 15) is 9.59 Å². The minimum Gasteiger partial charge on any atom is -0.450 e. The first-order valence-corrected chi connectivity index (χ1v) is 8.76. The molecule has 0 amide bonds. The van der Waals surface area contributed by atoms with Crippen LogP contribution in [0, 0.1) is 0 Å². The fraction of sp³-hybridized carbons (Fsp3) is 0.118. The lowest BCUT2D eigenvalue weighted by Gasteiger charge is -2.11. The number of thiophene rings is 1. The van der Waals surface area contributed by atoms with E-state index < -0.39 is 12.1 Å². The highest BCUT2D eigenvalue weighted by Gasteiger charge is 2.22. The maximum atomic E-state index is 12.2. The summed E-state index contributed by atoms with van der Waals surface area (Å²) >= 11 is 2.95. The fourth-order valence-electron chi connectivity index (χ4n) is 2.00. The summed E-state index contributed by atoms with van der Waals surface area (Å²) in [4.78, 5) is 28.6. The van der Waals surface area contributed by atoms with Gasteiger partial charge in [0.2, 0.25) is 5.78 Å². The van der Waals surface area contributed by atoms with Gasteiger partial charge < -0.3 is 4.74 Å². The van der Waals surface area contributed by atoms with Gasteiger partial charge in [-0.05, 0) is 18.4 Å². The third kappa shape index (κ3) is 3.55. The number of aromatic nitrogens is 1. The van der Waals surface area contributed by atoms with Gasteiger partial charge in [-0.1, -0.05) is 30.3 Å². The number of ketones is 1. The van der Waals surface area contributed by atoms with Crippen LogP contribution in [0.15, 0.2) is 52.5 Å². The van der Waals surface area contributed by atoms with E-state index in [0.29, 0.717) is 5.56 Å². The molecule has 3 rings (SSSR count). The number of hydrogen-bond donors (Lipinski definition) is 0. The number of ether oxygens (including phenoxy) is 1. The van der Waals surface area contributed by atoms with Gasteiger partial charge in [0, 0.05) is 21.9 Å². The molecule has 6 heteroatoms. The first kappa shape index (κ1) is 15.6. The minimum absolute atomic E-state index is 0.226. The summed E-state index contributed by atoms with van der Waals surface area (Å²) in [6.45, 7) is 1.57. The highest BCUT2D eigenvalue weighted by atomic mass is 32.1. The molecule has 0 bridgehead atoms. The van der Waals surface area contributed by atoms with Gasteiger partial charge in [-0.3, -0.25) is 4.79 Å². The van der Waals surface area contributed by atoms with E-state index in [1.807, 2.05) is 22.9 Å². The number of carbonyl (C=O) groups excluding carboxylic acids is 2. The zero-order chi connectivity index (χ0) is 16.2. The Balaban J connectivity index is 1.68. The largest absolute Gasteiger partial charge is 0.450 e. The lowest BCUT2D eigenvalue weighted by atomic mass is 10.1. The standard InChI is InChI=1S/C17H13NO3S2/c1-11(15(19)12-5-3-2-4-6-12)21-17(20)14-10-23-16(18-14)13-7-8-22-9-13/h2-11H,1H3/t11-/m0/s1. The second-order valence-electron chi connectivity index (χ2n) is 4.83. The Bertz CT molecular complexity index is 810. The highest BCUT2D eigenvalue weighted by molar-refractivity contribution is 7.14. The van der Waals surface area contributed by atoms with Crippen molar-refractivity contribution in [1.29, 1.82) is 0 Å². The quantitative estimate of drug-likeness (QED) is 0.512. The molecule has 0 aliphatic carbocycles. The summed E-state index contributed by atoms with van der Waals surface area (Å²) in [7, 11) is 0. The summed E-state index contributed by atoms with van der Waals surface area (Å²) in [5, 5.41) is 6.33. The van der Waals surface area contributed by atoms with Gasteiger partial charge in [-0.25, -0.2) is 9.78 Å². The van der Waals surface area contributed by atoms with Crippen molar-refractivity contribution in [3.8, 4) is 10.6 Å². The van der Waals surface area contributed by atoms with Crippen LogP contribution in [0.4, 0.5) is 0 Å². The van der Waals surface area contributed by atoms with Crippen LogP contribution in [0.5, 0.6) is 0 Å². The monoisotopic (exact) mass is 343 g/mol. The molecule has 0 unspecified atom stereocenters. The van der Waals surface area contributed by atoms with Crippen LogP contribution < -0.4 is 0 Å². The number of hydrogen-bond acceptors (Lipinski definition) is 6. The summed E-state index contributed by atoms with van der Waals surface area (Å²) in [6.07, 6.45) is -0.851. The van der Waals surface area contributed by atoms with E-state index in [4.69, 9.17) is 4.74 Å². The van der Waals surface area contributed by atoms with Crippen LogP contribution in [-0.2, 0) is 4.74 Å². The van der Waals surface area contributed by atoms with Gasteiger partial charge in [0.1, 0.15) is 5.01 Å². The highest BCUT2D eigenvalue weighted by Crippen LogP contribution is 2.26. The molecule has 0 saturated heterocycles. The molecule has 0 aliphatic rings. The molecule has 3 aromatic rings. The number of benzene rings is 1. The smallest absolute Gasteiger partial charge is 0.358 e. The molecule has 0 N–H and O–H groups in total. The minimum atomic E-state index is -0.851. The predicted molar refractivity (Wildman–Crippen MR) is 91.1 cm³/mol. The van der Waals surface area contributed by atoms with Crippen molar-refractivity contribution >= 4 is 34.4 Å². The van der Waals surface area contributed by atoms with Crippen molar-refractivity contribution in [3.05, 3.63) is 63.8 Å². The number of Topliss-reactive ketones (excluding diaryl/α,β-unsaturated/α-hetero) is 1. The van der Waals surface area contributed by atoms with Crippen molar-refractivity contribution in [2.24, 2.45) is 0 Å². The van der Waals surface area contributed by atoms with Crippen molar-refractivity contribution in [2.75, 3.05) is 0 Å². The normalized spacial score (nSPS) is 11.9. The van der Waals surface area contributed by atoms with Crippen molar-refractivity contribution in [1.82, 2.24) is 4.98 Å². The third-order valence-corrected chi connectivity index (χ3v) is 4.77. The van der Waals surface area contributed by atoms with Crippen molar-refractivity contribution < 1.29 is 14.3 Å². The molecular weight excluding hydrogens is 330 g/mol. The summed E-state index contributed by atoms with van der Waals surface area (Å²) in [5.74, 6) is -0.813. The van der Waals surface area contributed by atoms with Gasteiger partial charge in [0.05, 0.1) is 0 Å². The van der Waals surface area contributed by atoms with E-state index in [-0.39, 0.29) is 11.5 Å². The summed E-state index contributed by atoms with van der Waals surface area (Å²) in [6, 6.07) is 10.7. The van der Waals surface area contributed by atoms with Gasteiger partial charge in [0.25, 0.3) is 0 Å². The van der Waals surface area contributed by atoms with Crippen LogP contribution in [-0.4, -0.2) is 22.8 Å². The van der Waals surface area contributed by atoms with E-state index in [1.54, 1.807) is 47.9 Å². The number of esters is 1. The first-order valence-electron chi connectivity index (χ1n) is 6.93.